The van der Waals surface area contributed by atoms with Gasteiger partial charge in [0, 0.05) is 31.2 Å². The quantitative estimate of drug-likeness (QED) is 0.688. The molecule has 2 atom stereocenters. The van der Waals surface area contributed by atoms with Crippen molar-refractivity contribution in [1.82, 2.24) is 15.3 Å². The van der Waals surface area contributed by atoms with Gasteiger partial charge in [-0.05, 0) is 36.9 Å². The summed E-state index contributed by atoms with van der Waals surface area (Å²) in [6.07, 6.45) is 2.21. The van der Waals surface area contributed by atoms with E-state index in [9.17, 15) is 4.79 Å². The molecule has 0 radical (unpaired) electrons. The number of thiazole rings is 1. The maximum absolute atomic E-state index is 12.4. The Kier molecular flexibility index (Phi) is 5.70. The first-order chi connectivity index (χ1) is 13.6. The van der Waals surface area contributed by atoms with Crippen molar-refractivity contribution in [3.8, 4) is 9.88 Å². The molecule has 6 nitrogen and oxygen atoms in total. The van der Waals surface area contributed by atoms with Crippen LogP contribution in [0.1, 0.15) is 29.9 Å². The molecule has 1 aliphatic rings. The first-order valence-electron chi connectivity index (χ1n) is 9.21. The van der Waals surface area contributed by atoms with Crippen LogP contribution in [0.15, 0.2) is 41.2 Å². The van der Waals surface area contributed by atoms with Gasteiger partial charge in [-0.15, -0.1) is 22.7 Å². The number of carbonyl (C=O) groups is 1. The molecule has 1 fully saturated rings. The SMILES string of the molecule is CC1CN(c2ccc(CNC(=O)c3csc(-c4cccs4)n3)cn2)CC(C)O1. The molecular formula is C20H22N4O2S2. The Morgan fingerprint density at radius 2 is 2.07 bits per heavy atom. The third kappa shape index (κ3) is 4.40. The lowest BCUT2D eigenvalue weighted by Crippen LogP contribution is -2.45. The summed E-state index contributed by atoms with van der Waals surface area (Å²) in [5.74, 6) is 0.774. The summed E-state index contributed by atoms with van der Waals surface area (Å²) in [6.45, 7) is 6.26. The van der Waals surface area contributed by atoms with Crippen LogP contribution in [0, 0.1) is 0 Å². The highest BCUT2D eigenvalue weighted by atomic mass is 32.1. The summed E-state index contributed by atoms with van der Waals surface area (Å²) in [4.78, 5) is 24.7. The van der Waals surface area contributed by atoms with Crippen LogP contribution in [0.2, 0.25) is 0 Å². The molecule has 0 aromatic carbocycles. The van der Waals surface area contributed by atoms with Crippen LogP contribution in [0.3, 0.4) is 0 Å². The second-order valence-corrected chi connectivity index (χ2v) is 8.69. The predicted octanol–water partition coefficient (Wildman–Crippen LogP) is 3.81. The van der Waals surface area contributed by atoms with Gasteiger partial charge in [-0.1, -0.05) is 12.1 Å². The van der Waals surface area contributed by atoms with E-state index in [4.69, 9.17) is 4.74 Å². The van der Waals surface area contributed by atoms with E-state index in [-0.39, 0.29) is 18.1 Å². The molecule has 8 heteroatoms. The molecule has 146 valence electrons. The van der Waals surface area contributed by atoms with Gasteiger partial charge >= 0.3 is 0 Å². The van der Waals surface area contributed by atoms with Gasteiger partial charge in [0.05, 0.1) is 17.1 Å². The Labute approximate surface area is 172 Å². The molecule has 4 rings (SSSR count). The number of pyridine rings is 1. The van der Waals surface area contributed by atoms with Crippen molar-refractivity contribution in [2.45, 2.75) is 32.6 Å². The molecule has 3 aromatic rings. The lowest BCUT2D eigenvalue weighted by atomic mass is 10.2. The number of hydrogen-bond donors (Lipinski definition) is 1. The molecule has 0 spiro atoms. The van der Waals surface area contributed by atoms with Gasteiger partial charge < -0.3 is 15.0 Å². The number of rotatable bonds is 5. The van der Waals surface area contributed by atoms with Gasteiger partial charge in [0.2, 0.25) is 0 Å². The van der Waals surface area contributed by atoms with Gasteiger partial charge in [-0.25, -0.2) is 9.97 Å². The summed E-state index contributed by atoms with van der Waals surface area (Å²) in [5.41, 5.74) is 1.41. The number of anilines is 1. The number of thiophene rings is 1. The molecule has 0 bridgehead atoms. The Morgan fingerprint density at radius 1 is 1.25 bits per heavy atom. The van der Waals surface area contributed by atoms with E-state index in [1.54, 1.807) is 16.7 Å². The van der Waals surface area contributed by atoms with Crippen molar-refractivity contribution >= 4 is 34.4 Å². The summed E-state index contributed by atoms with van der Waals surface area (Å²) in [6, 6.07) is 8.00. The van der Waals surface area contributed by atoms with Crippen LogP contribution in [-0.4, -0.2) is 41.2 Å². The standard InChI is InChI=1S/C20H22N4O2S2/c1-13-10-24(11-14(2)26-13)18-6-5-15(8-21-18)9-22-19(25)16-12-28-20(23-16)17-4-3-7-27-17/h3-8,12-14H,9-11H2,1-2H3,(H,22,25). The van der Waals surface area contributed by atoms with Crippen LogP contribution in [0.5, 0.6) is 0 Å². The number of ether oxygens (including phenoxy) is 1. The van der Waals surface area contributed by atoms with Gasteiger partial charge in [0.1, 0.15) is 16.5 Å². The fourth-order valence-corrected chi connectivity index (χ4v) is 4.85. The summed E-state index contributed by atoms with van der Waals surface area (Å²) in [5, 5.41) is 7.60. The molecule has 4 heterocycles. The van der Waals surface area contributed by atoms with E-state index in [1.807, 2.05) is 35.8 Å². The fourth-order valence-electron chi connectivity index (χ4n) is 3.24. The van der Waals surface area contributed by atoms with Crippen molar-refractivity contribution in [2.24, 2.45) is 0 Å². The number of nitrogens with one attached hydrogen (secondary N) is 1. The zero-order chi connectivity index (χ0) is 19.5. The maximum atomic E-state index is 12.4. The first kappa shape index (κ1) is 19.0. The van der Waals surface area contributed by atoms with E-state index >= 15 is 0 Å². The Bertz CT molecular complexity index is 914. The van der Waals surface area contributed by atoms with E-state index in [1.165, 1.54) is 11.3 Å². The Balaban J connectivity index is 1.34. The molecule has 1 N–H and O–H groups in total. The van der Waals surface area contributed by atoms with Crippen molar-refractivity contribution in [2.75, 3.05) is 18.0 Å². The van der Waals surface area contributed by atoms with Crippen LogP contribution < -0.4 is 10.2 Å². The van der Waals surface area contributed by atoms with E-state index in [0.29, 0.717) is 12.2 Å². The zero-order valence-corrected chi connectivity index (χ0v) is 17.4. The fraction of sp³-hybridized carbons (Fsp3) is 0.350. The summed E-state index contributed by atoms with van der Waals surface area (Å²) in [7, 11) is 0. The number of aromatic nitrogens is 2. The van der Waals surface area contributed by atoms with Crippen LogP contribution >= 0.6 is 22.7 Å². The molecule has 0 saturated carbocycles. The lowest BCUT2D eigenvalue weighted by molar-refractivity contribution is -0.00546. The second-order valence-electron chi connectivity index (χ2n) is 6.88. The highest BCUT2D eigenvalue weighted by Crippen LogP contribution is 2.27. The largest absolute Gasteiger partial charge is 0.372 e. The second kappa shape index (κ2) is 8.38. The predicted molar refractivity (Wildman–Crippen MR) is 113 cm³/mol. The van der Waals surface area contributed by atoms with Crippen molar-refractivity contribution in [3.63, 3.8) is 0 Å². The van der Waals surface area contributed by atoms with Crippen LogP contribution in [0.25, 0.3) is 9.88 Å². The van der Waals surface area contributed by atoms with E-state index in [2.05, 4.69) is 34.0 Å². The Morgan fingerprint density at radius 3 is 2.75 bits per heavy atom. The lowest BCUT2D eigenvalue weighted by Gasteiger charge is -2.36. The highest BCUT2D eigenvalue weighted by molar-refractivity contribution is 7.20. The zero-order valence-electron chi connectivity index (χ0n) is 15.8. The highest BCUT2D eigenvalue weighted by Gasteiger charge is 2.23. The molecule has 1 saturated heterocycles. The number of morpholine rings is 1. The smallest absolute Gasteiger partial charge is 0.271 e. The van der Waals surface area contributed by atoms with Crippen LogP contribution in [-0.2, 0) is 11.3 Å². The minimum absolute atomic E-state index is 0.168. The molecule has 28 heavy (non-hydrogen) atoms. The third-order valence-corrected chi connectivity index (χ3v) is 6.36. The van der Waals surface area contributed by atoms with Gasteiger partial charge in [0.25, 0.3) is 5.91 Å². The number of amides is 1. The van der Waals surface area contributed by atoms with E-state index < -0.39 is 0 Å². The summed E-state index contributed by atoms with van der Waals surface area (Å²) < 4.78 is 5.77. The van der Waals surface area contributed by atoms with Crippen molar-refractivity contribution in [1.29, 1.82) is 0 Å². The van der Waals surface area contributed by atoms with E-state index in [0.717, 1.165) is 34.4 Å². The molecule has 1 amide bonds. The maximum Gasteiger partial charge on any atom is 0.271 e. The van der Waals surface area contributed by atoms with Gasteiger partial charge in [-0.2, -0.15) is 0 Å². The van der Waals surface area contributed by atoms with Crippen molar-refractivity contribution in [3.05, 3.63) is 52.5 Å². The van der Waals surface area contributed by atoms with Gasteiger partial charge in [0.15, 0.2) is 0 Å². The molecule has 1 aliphatic heterocycles. The number of nitrogens with zero attached hydrogens (tertiary/aromatic N) is 3. The minimum Gasteiger partial charge on any atom is -0.372 e. The topological polar surface area (TPSA) is 67.4 Å². The molecule has 2 unspecified atom stereocenters. The van der Waals surface area contributed by atoms with Gasteiger partial charge in [-0.3, -0.25) is 4.79 Å². The Hall–Kier alpha value is -2.29. The molecular weight excluding hydrogens is 392 g/mol. The first-order valence-corrected chi connectivity index (χ1v) is 11.0. The summed E-state index contributed by atoms with van der Waals surface area (Å²) >= 11 is 3.11. The average molecular weight is 415 g/mol. The normalized spacial score (nSPS) is 19.6. The van der Waals surface area contributed by atoms with Crippen molar-refractivity contribution < 1.29 is 9.53 Å². The average Bonchev–Trinajstić information content (AvgIpc) is 3.37. The number of hydrogen-bond acceptors (Lipinski definition) is 7. The van der Waals surface area contributed by atoms with Crippen LogP contribution in [0.4, 0.5) is 5.82 Å². The monoisotopic (exact) mass is 414 g/mol. The minimum atomic E-state index is -0.168. The molecule has 0 aliphatic carbocycles. The molecule has 3 aromatic heterocycles. The number of carbonyl (C=O) groups excluding carboxylic acids is 1. The third-order valence-electron chi connectivity index (χ3n) is 4.47.